The van der Waals surface area contributed by atoms with E-state index in [1.807, 2.05) is 100.0 Å². The highest BCUT2D eigenvalue weighted by molar-refractivity contribution is 7.29. The molecule has 0 saturated carbocycles. The molecule has 0 unspecified atom stereocenters. The summed E-state index contributed by atoms with van der Waals surface area (Å²) in [6, 6.07) is 40.6. The second kappa shape index (κ2) is 37.1. The lowest BCUT2D eigenvalue weighted by molar-refractivity contribution is 0.103. The number of carbonyl (C=O) groups excluding carboxylic acids is 2. The molecule has 11 heteroatoms. The van der Waals surface area contributed by atoms with Gasteiger partial charge in [0.1, 0.15) is 29.4 Å². The fourth-order valence-corrected chi connectivity index (χ4v) is 22.1. The highest BCUT2D eigenvalue weighted by Crippen LogP contribution is 2.56. The van der Waals surface area contributed by atoms with E-state index in [2.05, 4.69) is 100 Å². The van der Waals surface area contributed by atoms with Gasteiger partial charge in [0.15, 0.2) is 11.6 Å². The molecule has 0 saturated heterocycles. The van der Waals surface area contributed by atoms with Gasteiger partial charge < -0.3 is 0 Å². The number of benzene rings is 3. The van der Waals surface area contributed by atoms with Crippen LogP contribution in [0.1, 0.15) is 270 Å². The largest absolute Gasteiger partial charge is 0.289 e. The molecule has 6 heterocycles. The fraction of sp³-hybridized carbons (Fsp3) is 0.404. The van der Waals surface area contributed by atoms with E-state index in [9.17, 15) is 25.4 Å². The number of aryl methyl sites for hydroxylation is 4. The number of carbonyl (C=O) groups is 2. The Bertz CT molecular complexity index is 4300. The zero-order valence-corrected chi connectivity index (χ0v) is 64.1. The molecule has 3 aromatic carbocycles. The Kier molecular flexibility index (Phi) is 27.4. The van der Waals surface area contributed by atoms with Gasteiger partial charge in [0, 0.05) is 113 Å². The van der Waals surface area contributed by atoms with Gasteiger partial charge in [-0.05, 0) is 134 Å². The second-order valence-corrected chi connectivity index (χ2v) is 33.9. The topological polar surface area (TPSA) is 106 Å². The third-order valence-corrected chi connectivity index (χ3v) is 27.2. The minimum Gasteiger partial charge on any atom is -0.289 e. The number of allylic oxidation sites excluding steroid dienone is 6. The first kappa shape index (κ1) is 73.9. The van der Waals surface area contributed by atoms with Crippen LogP contribution in [0.4, 0.5) is 0 Å². The summed E-state index contributed by atoms with van der Waals surface area (Å²) in [5, 5.41) is 33.6. The van der Waals surface area contributed by atoms with Crippen molar-refractivity contribution in [2.75, 3.05) is 0 Å². The zero-order valence-electron chi connectivity index (χ0n) is 59.2. The Balaban J connectivity index is 1.07. The van der Waals surface area contributed by atoms with E-state index >= 15 is 0 Å². The van der Waals surface area contributed by atoms with Gasteiger partial charge in [0.25, 0.3) is 0 Å². The summed E-state index contributed by atoms with van der Waals surface area (Å²) < 4.78 is 2.56. The second-order valence-electron chi connectivity index (χ2n) is 27.3. The molecule has 0 aliphatic heterocycles. The smallest absolute Gasteiger partial charge is 0.194 e. The van der Waals surface area contributed by atoms with Crippen molar-refractivity contribution in [2.45, 2.75) is 233 Å². The summed E-state index contributed by atoms with van der Waals surface area (Å²) in [4.78, 5) is 41.1. The summed E-state index contributed by atoms with van der Waals surface area (Å²) in [7, 11) is 0. The first-order chi connectivity index (χ1) is 49.1. The standard InChI is InChI=1S/C89H95N3O2S6/c1-6-11-15-19-21-23-25-27-29-33-41-64-47-49-76(95-64)82-74-55-78(86-61(39-31-17-13-8-3)51-66(97-86)53-72-80(60(10-5)57-90)68-43-35-37-45-70(68)84(72)93)99-88(74)83(77-50-48-65(96-77)42-34-30-28-26-24-22-20-16-12-7-2)75-56-79(100-89(75)82)87-62(40-32-18-14-9-4)52-67(98-87)54-73-81(63(58-91)59-92)69-44-36-38-46-71(69)85(73)94/h5,35-38,43-56H,6-9,11-34,39-42H2,1-4H3/b72-53-,73-54-,80-60-. The van der Waals surface area contributed by atoms with E-state index in [1.165, 1.54) is 216 Å². The van der Waals surface area contributed by atoms with Crippen LogP contribution in [0.25, 0.3) is 83.9 Å². The van der Waals surface area contributed by atoms with Crippen molar-refractivity contribution in [3.05, 3.63) is 172 Å². The molecule has 0 amide bonds. The molecule has 0 spiro atoms. The first-order valence-corrected chi connectivity index (χ1v) is 42.4. The minimum atomic E-state index is -0.162. The highest BCUT2D eigenvalue weighted by atomic mass is 32.1. The number of rotatable bonds is 38. The maximum atomic E-state index is 14.5. The van der Waals surface area contributed by atoms with E-state index in [4.69, 9.17) is 6.42 Å². The van der Waals surface area contributed by atoms with Gasteiger partial charge in [-0.15, -0.1) is 74.4 Å². The molecule has 0 atom stereocenters. The molecule has 0 N–H and O–H groups in total. The Labute approximate surface area is 619 Å². The molecule has 5 nitrogen and oxygen atoms in total. The minimum absolute atomic E-state index is 0.0524. The third kappa shape index (κ3) is 17.4. The van der Waals surface area contributed by atoms with Gasteiger partial charge in [-0.2, -0.15) is 15.8 Å². The summed E-state index contributed by atoms with van der Waals surface area (Å²) in [5.41, 5.74) is 9.48. The van der Waals surface area contributed by atoms with Gasteiger partial charge in [0.05, 0.1) is 0 Å². The van der Waals surface area contributed by atoms with E-state index in [1.54, 1.807) is 28.7 Å². The monoisotopic (exact) mass is 1430 g/mol. The van der Waals surface area contributed by atoms with Crippen molar-refractivity contribution in [3.63, 3.8) is 0 Å². The van der Waals surface area contributed by atoms with Crippen LogP contribution in [0.3, 0.4) is 0 Å². The predicted octanol–water partition coefficient (Wildman–Crippen LogP) is 28.5. The van der Waals surface area contributed by atoms with Crippen molar-refractivity contribution in [1.29, 1.82) is 15.8 Å². The first-order valence-electron chi connectivity index (χ1n) is 37.5. The van der Waals surface area contributed by atoms with E-state index in [0.717, 1.165) is 80.4 Å². The van der Waals surface area contributed by atoms with Crippen LogP contribution in [0.15, 0.2) is 119 Å². The van der Waals surface area contributed by atoms with Gasteiger partial charge >= 0.3 is 0 Å². The van der Waals surface area contributed by atoms with Crippen molar-refractivity contribution in [2.24, 2.45) is 0 Å². The number of nitriles is 3. The molecule has 0 fully saturated rings. The van der Waals surface area contributed by atoms with Crippen molar-refractivity contribution >= 4 is 123 Å². The van der Waals surface area contributed by atoms with Crippen LogP contribution < -0.4 is 0 Å². The predicted molar refractivity (Wildman–Crippen MR) is 434 cm³/mol. The quantitative estimate of drug-likeness (QED) is 0.0166. The van der Waals surface area contributed by atoms with Crippen molar-refractivity contribution < 1.29 is 9.59 Å². The maximum absolute atomic E-state index is 14.5. The van der Waals surface area contributed by atoms with E-state index < -0.39 is 0 Å². The van der Waals surface area contributed by atoms with Crippen LogP contribution in [-0.4, -0.2) is 11.6 Å². The molecular formula is C89H95N3O2S6. The van der Waals surface area contributed by atoms with Gasteiger partial charge in [-0.3, -0.25) is 9.59 Å². The van der Waals surface area contributed by atoms with Crippen LogP contribution in [0.5, 0.6) is 0 Å². The normalized spacial score (nSPS) is 14.0. The molecular weight excluding hydrogens is 1340 g/mol. The average molecular weight is 1430 g/mol. The number of ketones is 2. The Hall–Kier alpha value is -7.29. The third-order valence-electron chi connectivity index (χ3n) is 20.0. The lowest BCUT2D eigenvalue weighted by Crippen LogP contribution is -1.95. The number of hydrogen-bond donors (Lipinski definition) is 0. The molecule has 100 heavy (non-hydrogen) atoms. The van der Waals surface area contributed by atoms with Crippen LogP contribution >= 0.6 is 68.0 Å². The number of thiophene rings is 6. The lowest BCUT2D eigenvalue weighted by atomic mass is 9.98. The van der Waals surface area contributed by atoms with Gasteiger partial charge in [-0.25, -0.2) is 0 Å². The van der Waals surface area contributed by atoms with Crippen LogP contribution in [0.2, 0.25) is 0 Å². The molecule has 0 radical (unpaired) electrons. The molecule has 6 aromatic heterocycles. The Morgan fingerprint density at radius 1 is 0.380 bits per heavy atom. The van der Waals surface area contributed by atoms with E-state index in [0.29, 0.717) is 44.5 Å². The Morgan fingerprint density at radius 3 is 1.09 bits per heavy atom. The molecule has 0 bridgehead atoms. The average Bonchev–Trinajstić information content (AvgIpc) is 1.55. The number of nitrogens with zero attached hydrogens (tertiary/aromatic N) is 3. The molecule has 2 aliphatic rings. The lowest BCUT2D eigenvalue weighted by Gasteiger charge is -2.09. The SMILES string of the molecule is C#C/C(C#N)=C1/C(=C/c2cc(CCCCCC)c(-c3cc4c(-c5ccc(CCCCCCCCCCCC)s5)c5sc(-c6sc(/C=C7\C(=O)c8ccccc8C7=C(C#N)C#N)cc6CCCCCC)cc5c(-c5ccc(CCCCCCCCCCCC)s5)c4s3)s2)C(=O)c2ccccc21. The van der Waals surface area contributed by atoms with Crippen molar-refractivity contribution in [3.8, 4) is 70.9 Å². The summed E-state index contributed by atoms with van der Waals surface area (Å²) in [6.45, 7) is 9.10. The number of unbranched alkanes of at least 4 members (excludes halogenated alkanes) is 24. The molecule has 11 rings (SSSR count). The fourth-order valence-electron chi connectivity index (χ4n) is 14.7. The number of fused-ring (bicyclic) bond motifs is 4. The maximum Gasteiger partial charge on any atom is 0.194 e. The number of terminal acetylenes is 1. The summed E-state index contributed by atoms with van der Waals surface area (Å²) >= 11 is 11.2. The van der Waals surface area contributed by atoms with E-state index in [-0.39, 0.29) is 22.7 Å². The number of Topliss-reactive ketones (excluding diaryl/α,β-unsaturated/α-hetero) is 2. The van der Waals surface area contributed by atoms with Crippen molar-refractivity contribution in [1.82, 2.24) is 0 Å². The molecule has 514 valence electrons. The summed E-state index contributed by atoms with van der Waals surface area (Å²) in [5.74, 6) is 2.35. The highest BCUT2D eigenvalue weighted by Gasteiger charge is 2.35. The van der Waals surface area contributed by atoms with Gasteiger partial charge in [0.2, 0.25) is 0 Å². The Morgan fingerprint density at radius 2 is 0.720 bits per heavy atom. The zero-order chi connectivity index (χ0) is 69.7. The van der Waals surface area contributed by atoms with Crippen LogP contribution in [-0.2, 0) is 25.7 Å². The summed E-state index contributed by atoms with van der Waals surface area (Å²) in [6.07, 6.45) is 49.0. The molecule has 2 aliphatic carbocycles. The van der Waals surface area contributed by atoms with Crippen LogP contribution in [0, 0.1) is 46.3 Å². The van der Waals surface area contributed by atoms with Gasteiger partial charge in [-0.1, -0.05) is 236 Å². The number of hydrogen-bond acceptors (Lipinski definition) is 11. The molecule has 9 aromatic rings.